The van der Waals surface area contributed by atoms with E-state index in [1.165, 1.54) is 38.5 Å². The highest BCUT2D eigenvalue weighted by Gasteiger charge is 2.69. The largest absolute Gasteiger partial charge is 0.462 e. The zero-order chi connectivity index (χ0) is 29.2. The molecule has 4 fully saturated rings. The lowest BCUT2D eigenvalue weighted by Gasteiger charge is -2.70. The lowest BCUT2D eigenvalue weighted by Crippen LogP contribution is -2.64. The molecule has 0 saturated heterocycles. The van der Waals surface area contributed by atoms with Crippen LogP contribution in [0.4, 0.5) is 0 Å². The van der Waals surface area contributed by atoms with Crippen LogP contribution in [0.1, 0.15) is 114 Å². The third-order valence-corrected chi connectivity index (χ3v) is 13.4. The summed E-state index contributed by atoms with van der Waals surface area (Å²) in [5.74, 6) is 2.14. The summed E-state index contributed by atoms with van der Waals surface area (Å²) in [6.45, 7) is 19.9. The average Bonchev–Trinajstić information content (AvgIpc) is 3.19. The van der Waals surface area contributed by atoms with E-state index in [4.69, 9.17) is 14.2 Å². The molecule has 0 spiro atoms. The molecular weight excluding hydrogens is 488 g/mol. The molecule has 4 aliphatic carbocycles. The fourth-order valence-electron chi connectivity index (χ4n) is 11.0. The molecule has 4 saturated carbocycles. The van der Waals surface area contributed by atoms with Crippen LogP contribution in [0.25, 0.3) is 0 Å². The van der Waals surface area contributed by atoms with E-state index >= 15 is 0 Å². The number of methoxy groups -OCH3 is 2. The predicted octanol–water partition coefficient (Wildman–Crippen LogP) is 7.35. The number of rotatable bonds is 7. The molecule has 4 aliphatic rings. The molecular formula is C34H58O5. The van der Waals surface area contributed by atoms with Crippen molar-refractivity contribution < 1.29 is 24.1 Å². The van der Waals surface area contributed by atoms with Gasteiger partial charge in [0, 0.05) is 26.6 Å². The minimum absolute atomic E-state index is 0.00620. The fourth-order valence-corrected chi connectivity index (χ4v) is 11.0. The van der Waals surface area contributed by atoms with E-state index in [2.05, 4.69) is 47.6 Å². The first kappa shape index (κ1) is 31.0. The number of hydrogen-bond donors (Lipinski definition) is 1. The monoisotopic (exact) mass is 546 g/mol. The summed E-state index contributed by atoms with van der Waals surface area (Å²) in [7, 11) is 3.50. The zero-order valence-corrected chi connectivity index (χ0v) is 26.9. The predicted molar refractivity (Wildman–Crippen MR) is 156 cm³/mol. The van der Waals surface area contributed by atoms with Gasteiger partial charge in [-0.05, 0) is 112 Å². The number of aliphatic hydroxyl groups is 1. The van der Waals surface area contributed by atoms with E-state index in [-0.39, 0.29) is 39.8 Å². The molecule has 39 heavy (non-hydrogen) atoms. The molecule has 0 bridgehead atoms. The van der Waals surface area contributed by atoms with E-state index < -0.39 is 11.2 Å². The second-order valence-corrected chi connectivity index (χ2v) is 15.8. The van der Waals surface area contributed by atoms with Gasteiger partial charge in [-0.15, -0.1) is 0 Å². The van der Waals surface area contributed by atoms with Crippen LogP contribution in [0.3, 0.4) is 0 Å². The molecule has 0 amide bonds. The van der Waals surface area contributed by atoms with Gasteiger partial charge in [-0.1, -0.05) is 46.8 Å². The first-order chi connectivity index (χ1) is 17.9. The van der Waals surface area contributed by atoms with Gasteiger partial charge in [0.05, 0.1) is 11.2 Å². The first-order valence-electron chi connectivity index (χ1n) is 15.6. The number of fused-ring (bicyclic) bond motifs is 5. The first-order valence-corrected chi connectivity index (χ1v) is 15.6. The highest BCUT2D eigenvalue weighted by Crippen LogP contribution is 2.76. The Morgan fingerprint density at radius 1 is 0.897 bits per heavy atom. The lowest BCUT2D eigenvalue weighted by atomic mass is 9.35. The Morgan fingerprint density at radius 2 is 1.54 bits per heavy atom. The maximum absolute atomic E-state index is 11.9. The molecule has 5 nitrogen and oxygen atoms in total. The van der Waals surface area contributed by atoms with Crippen molar-refractivity contribution in [1.29, 1.82) is 0 Å². The molecule has 0 aromatic heterocycles. The Balaban J connectivity index is 1.63. The van der Waals surface area contributed by atoms with Gasteiger partial charge in [0.25, 0.3) is 0 Å². The van der Waals surface area contributed by atoms with Crippen molar-refractivity contribution in [3.63, 3.8) is 0 Å². The van der Waals surface area contributed by atoms with Crippen molar-refractivity contribution in [3.05, 3.63) is 12.2 Å². The summed E-state index contributed by atoms with van der Waals surface area (Å²) in [6.07, 6.45) is 13.3. The molecule has 224 valence electrons. The average molecular weight is 547 g/mol. The highest BCUT2D eigenvalue weighted by atomic mass is 16.5. The van der Waals surface area contributed by atoms with E-state index in [9.17, 15) is 9.90 Å². The van der Waals surface area contributed by atoms with E-state index in [1.54, 1.807) is 27.9 Å². The molecule has 10 atom stereocenters. The molecule has 0 radical (unpaired) electrons. The van der Waals surface area contributed by atoms with Gasteiger partial charge in [-0.2, -0.15) is 0 Å². The molecule has 0 aliphatic heterocycles. The summed E-state index contributed by atoms with van der Waals surface area (Å²) in [5.41, 5.74) is -0.558. The topological polar surface area (TPSA) is 65.0 Å². The standard InChI is InChI=1S/C34H58O5/c1-22(35)39-27-16-18-31(6)25(29(27,2)3)15-20-33(8)26(31)13-12-23-24(14-19-32(23,33)7)34(9,38-11)21-17-28(37-10)30(4,5)36/h17,21,23-28,36H,12-16,18-20H2,1-11H3/b21-17+/t23-,24+,25+,26-,27+,28?,31+,32-,33-,34+/m1/s1. The third kappa shape index (κ3) is 4.75. The Labute approximate surface area is 238 Å². The molecule has 0 heterocycles. The molecule has 4 rings (SSSR count). The van der Waals surface area contributed by atoms with Crippen molar-refractivity contribution in [2.75, 3.05) is 14.2 Å². The number of carbonyl (C=O) groups excluding carboxylic acids is 1. The van der Waals surface area contributed by atoms with Crippen molar-refractivity contribution in [2.24, 2.45) is 45.3 Å². The molecule has 1 N–H and O–H groups in total. The SMILES string of the molecule is COC(/C=C/[C@](C)(OC)[C@H]1CC[C@]2(C)[C@@H]1CC[C@@H]1[C@@]3(C)CC[C@H](OC(C)=O)C(C)(C)[C@@H]3CC[C@]12C)C(C)(C)O. The minimum atomic E-state index is -0.952. The lowest BCUT2D eigenvalue weighted by molar-refractivity contribution is -0.229. The van der Waals surface area contributed by atoms with Crippen LogP contribution in [-0.4, -0.2) is 48.7 Å². The van der Waals surface area contributed by atoms with Crippen LogP contribution in [0, 0.1) is 45.3 Å². The quantitative estimate of drug-likeness (QED) is 0.267. The van der Waals surface area contributed by atoms with E-state index in [1.807, 2.05) is 13.2 Å². The number of carbonyl (C=O) groups is 1. The Kier molecular flexibility index (Phi) is 8.05. The highest BCUT2D eigenvalue weighted by molar-refractivity contribution is 5.66. The summed E-state index contributed by atoms with van der Waals surface area (Å²) >= 11 is 0. The van der Waals surface area contributed by atoms with Crippen LogP contribution >= 0.6 is 0 Å². The maximum atomic E-state index is 11.9. The van der Waals surface area contributed by atoms with Gasteiger partial charge in [0.15, 0.2) is 0 Å². The second-order valence-electron chi connectivity index (χ2n) is 15.8. The van der Waals surface area contributed by atoms with Crippen LogP contribution in [0.2, 0.25) is 0 Å². The third-order valence-electron chi connectivity index (χ3n) is 13.4. The Morgan fingerprint density at radius 3 is 2.10 bits per heavy atom. The van der Waals surface area contributed by atoms with Crippen LogP contribution < -0.4 is 0 Å². The van der Waals surface area contributed by atoms with Crippen molar-refractivity contribution in [2.45, 2.75) is 137 Å². The van der Waals surface area contributed by atoms with Gasteiger partial charge in [-0.25, -0.2) is 0 Å². The maximum Gasteiger partial charge on any atom is 0.302 e. The molecule has 0 aromatic rings. The Hall–Kier alpha value is -0.910. The summed E-state index contributed by atoms with van der Waals surface area (Å²) < 4.78 is 17.8. The van der Waals surface area contributed by atoms with Gasteiger partial charge in [-0.3, -0.25) is 4.79 Å². The molecule has 5 heteroatoms. The van der Waals surface area contributed by atoms with Crippen molar-refractivity contribution in [1.82, 2.24) is 0 Å². The van der Waals surface area contributed by atoms with E-state index in [0.717, 1.165) is 12.8 Å². The van der Waals surface area contributed by atoms with Crippen LogP contribution in [0.5, 0.6) is 0 Å². The smallest absolute Gasteiger partial charge is 0.302 e. The van der Waals surface area contributed by atoms with Gasteiger partial charge >= 0.3 is 5.97 Å². The summed E-state index contributed by atoms with van der Waals surface area (Å²) in [5, 5.41) is 10.6. The van der Waals surface area contributed by atoms with Crippen molar-refractivity contribution in [3.8, 4) is 0 Å². The summed E-state index contributed by atoms with van der Waals surface area (Å²) in [6, 6.07) is 0. The molecule has 0 aromatic carbocycles. The minimum Gasteiger partial charge on any atom is -0.462 e. The number of ether oxygens (including phenoxy) is 3. The fraction of sp³-hybridized carbons (Fsp3) is 0.912. The van der Waals surface area contributed by atoms with E-state index in [0.29, 0.717) is 23.7 Å². The number of hydrogen-bond acceptors (Lipinski definition) is 5. The zero-order valence-electron chi connectivity index (χ0n) is 26.9. The number of esters is 1. The van der Waals surface area contributed by atoms with Crippen LogP contribution in [-0.2, 0) is 19.0 Å². The normalized spacial score (nSPS) is 44.2. The van der Waals surface area contributed by atoms with Gasteiger partial charge in [0.2, 0.25) is 0 Å². The van der Waals surface area contributed by atoms with Crippen molar-refractivity contribution >= 4 is 5.97 Å². The second kappa shape index (κ2) is 10.1. The Bertz CT molecular complexity index is 950. The summed E-state index contributed by atoms with van der Waals surface area (Å²) in [4.78, 5) is 11.9. The van der Waals surface area contributed by atoms with Gasteiger partial charge < -0.3 is 19.3 Å². The van der Waals surface area contributed by atoms with Crippen LogP contribution in [0.15, 0.2) is 12.2 Å². The molecule has 1 unspecified atom stereocenters. The van der Waals surface area contributed by atoms with Gasteiger partial charge in [0.1, 0.15) is 12.2 Å².